The summed E-state index contributed by atoms with van der Waals surface area (Å²) in [4.78, 5) is 11.9. The van der Waals surface area contributed by atoms with Gasteiger partial charge in [0.1, 0.15) is 0 Å². The molecule has 0 rings (SSSR count). The third-order valence-electron chi connectivity index (χ3n) is 8.97. The van der Waals surface area contributed by atoms with E-state index in [1.54, 1.807) is 6.08 Å². The highest BCUT2D eigenvalue weighted by Crippen LogP contribution is 2.15. The standard InChI is InChI=1S/C40H78O2/c1-3-5-7-9-11-13-15-17-19-20-21-22-23-25-27-29-31-33-35-37-39-42-40(41)38-36-34-32-30-28-26-24-18-16-14-12-10-8-6-4-2/h36,38H,3-35,37,39H2,1-2H3. The lowest BCUT2D eigenvalue weighted by Gasteiger charge is -2.04. The molecule has 0 radical (unpaired) electrons. The van der Waals surface area contributed by atoms with Crippen LogP contribution in [0.3, 0.4) is 0 Å². The van der Waals surface area contributed by atoms with Gasteiger partial charge in [-0.25, -0.2) is 4.79 Å². The van der Waals surface area contributed by atoms with E-state index in [2.05, 4.69) is 13.8 Å². The van der Waals surface area contributed by atoms with Gasteiger partial charge in [-0.2, -0.15) is 0 Å². The lowest BCUT2D eigenvalue weighted by Crippen LogP contribution is -2.02. The van der Waals surface area contributed by atoms with Crippen LogP contribution in [0.1, 0.15) is 232 Å². The number of rotatable bonds is 36. The van der Waals surface area contributed by atoms with E-state index in [0.717, 1.165) is 12.8 Å². The van der Waals surface area contributed by atoms with Gasteiger partial charge in [-0.05, 0) is 19.3 Å². The topological polar surface area (TPSA) is 26.3 Å². The fourth-order valence-corrected chi connectivity index (χ4v) is 6.04. The minimum atomic E-state index is -0.150. The van der Waals surface area contributed by atoms with Crippen LogP contribution in [0.15, 0.2) is 12.2 Å². The van der Waals surface area contributed by atoms with Gasteiger partial charge in [-0.15, -0.1) is 0 Å². The Hall–Kier alpha value is -0.790. The fraction of sp³-hybridized carbons (Fsp3) is 0.925. The van der Waals surface area contributed by atoms with Crippen molar-refractivity contribution in [2.45, 2.75) is 232 Å². The Morgan fingerprint density at radius 1 is 0.381 bits per heavy atom. The smallest absolute Gasteiger partial charge is 0.330 e. The van der Waals surface area contributed by atoms with E-state index in [9.17, 15) is 4.79 Å². The Morgan fingerprint density at radius 3 is 0.952 bits per heavy atom. The third kappa shape index (κ3) is 37.2. The van der Waals surface area contributed by atoms with Gasteiger partial charge in [-0.3, -0.25) is 0 Å². The van der Waals surface area contributed by atoms with E-state index in [1.165, 1.54) is 205 Å². The summed E-state index contributed by atoms with van der Waals surface area (Å²) in [5.74, 6) is -0.150. The minimum Gasteiger partial charge on any atom is -0.463 e. The van der Waals surface area contributed by atoms with Gasteiger partial charge in [0, 0.05) is 6.08 Å². The van der Waals surface area contributed by atoms with E-state index < -0.39 is 0 Å². The highest BCUT2D eigenvalue weighted by molar-refractivity contribution is 5.81. The SMILES string of the molecule is CCCCCCCCCCCCCCCC=CC(=O)OCCCCCCCCCCCCCCCCCCCCCC. The zero-order chi connectivity index (χ0) is 30.4. The van der Waals surface area contributed by atoms with Crippen molar-refractivity contribution < 1.29 is 9.53 Å². The van der Waals surface area contributed by atoms with Gasteiger partial charge in [0.25, 0.3) is 0 Å². The Morgan fingerprint density at radius 2 is 0.643 bits per heavy atom. The molecule has 42 heavy (non-hydrogen) atoms. The van der Waals surface area contributed by atoms with Crippen LogP contribution in [0.25, 0.3) is 0 Å². The molecular formula is C40H78O2. The normalized spacial score (nSPS) is 11.6. The molecule has 0 bridgehead atoms. The summed E-state index contributed by atoms with van der Waals surface area (Å²) >= 11 is 0. The molecule has 0 aliphatic heterocycles. The average molecular weight is 591 g/mol. The van der Waals surface area contributed by atoms with Gasteiger partial charge in [-0.1, -0.05) is 219 Å². The molecule has 2 nitrogen and oxygen atoms in total. The molecule has 0 aromatic rings. The molecule has 0 spiro atoms. The number of esters is 1. The van der Waals surface area contributed by atoms with Crippen molar-refractivity contribution in [1.29, 1.82) is 0 Å². The van der Waals surface area contributed by atoms with Crippen LogP contribution in [0.2, 0.25) is 0 Å². The van der Waals surface area contributed by atoms with Crippen molar-refractivity contribution in [3.05, 3.63) is 12.2 Å². The minimum absolute atomic E-state index is 0.150. The maximum absolute atomic E-state index is 11.9. The van der Waals surface area contributed by atoms with Crippen LogP contribution < -0.4 is 0 Å². The molecule has 0 saturated carbocycles. The number of carbonyl (C=O) groups excluding carboxylic acids is 1. The highest BCUT2D eigenvalue weighted by Gasteiger charge is 1.99. The first-order valence-corrected chi connectivity index (χ1v) is 19.6. The van der Waals surface area contributed by atoms with Gasteiger partial charge in [0.15, 0.2) is 0 Å². The van der Waals surface area contributed by atoms with Crippen LogP contribution in [0, 0.1) is 0 Å². The third-order valence-corrected chi connectivity index (χ3v) is 8.97. The number of hydrogen-bond donors (Lipinski definition) is 0. The molecule has 0 aromatic carbocycles. The van der Waals surface area contributed by atoms with E-state index in [4.69, 9.17) is 4.74 Å². The second kappa shape index (κ2) is 38.2. The van der Waals surface area contributed by atoms with Crippen molar-refractivity contribution in [2.24, 2.45) is 0 Å². The summed E-state index contributed by atoms with van der Waals surface area (Å²) in [5, 5.41) is 0. The van der Waals surface area contributed by atoms with Crippen LogP contribution in [-0.2, 0) is 9.53 Å². The van der Waals surface area contributed by atoms with Crippen LogP contribution in [-0.4, -0.2) is 12.6 Å². The summed E-state index contributed by atoms with van der Waals surface area (Å²) in [6.07, 6.45) is 50.4. The van der Waals surface area contributed by atoms with Crippen molar-refractivity contribution in [1.82, 2.24) is 0 Å². The lowest BCUT2D eigenvalue weighted by molar-refractivity contribution is -0.137. The zero-order valence-electron chi connectivity index (χ0n) is 29.2. The summed E-state index contributed by atoms with van der Waals surface area (Å²) in [6.45, 7) is 5.17. The van der Waals surface area contributed by atoms with E-state index in [0.29, 0.717) is 6.61 Å². The predicted molar refractivity (Wildman–Crippen MR) is 188 cm³/mol. The first-order valence-electron chi connectivity index (χ1n) is 19.6. The maximum atomic E-state index is 11.9. The molecule has 0 unspecified atom stereocenters. The number of carbonyl (C=O) groups is 1. The molecule has 0 atom stereocenters. The number of hydrogen-bond acceptors (Lipinski definition) is 2. The number of allylic oxidation sites excluding steroid dienone is 1. The van der Waals surface area contributed by atoms with Crippen molar-refractivity contribution in [2.75, 3.05) is 6.61 Å². The molecule has 0 fully saturated rings. The zero-order valence-corrected chi connectivity index (χ0v) is 29.2. The van der Waals surface area contributed by atoms with E-state index in [1.807, 2.05) is 6.08 Å². The summed E-state index contributed by atoms with van der Waals surface area (Å²) in [5.41, 5.74) is 0. The van der Waals surface area contributed by atoms with Crippen LogP contribution >= 0.6 is 0 Å². The quantitative estimate of drug-likeness (QED) is 0.0412. The van der Waals surface area contributed by atoms with Crippen molar-refractivity contribution >= 4 is 5.97 Å². The van der Waals surface area contributed by atoms with Crippen molar-refractivity contribution in [3.63, 3.8) is 0 Å². The number of unbranched alkanes of at least 4 members (excludes halogenated alkanes) is 32. The molecule has 0 amide bonds. The Labute approximate surface area is 266 Å². The van der Waals surface area contributed by atoms with E-state index in [-0.39, 0.29) is 5.97 Å². The summed E-state index contributed by atoms with van der Waals surface area (Å²) in [7, 11) is 0. The molecule has 250 valence electrons. The van der Waals surface area contributed by atoms with Crippen LogP contribution in [0.4, 0.5) is 0 Å². The van der Waals surface area contributed by atoms with Gasteiger partial charge >= 0.3 is 5.97 Å². The number of ether oxygens (including phenoxy) is 1. The summed E-state index contributed by atoms with van der Waals surface area (Å²) < 4.78 is 5.37. The first-order chi connectivity index (χ1) is 20.8. The van der Waals surface area contributed by atoms with E-state index >= 15 is 0 Å². The molecule has 2 heteroatoms. The molecular weight excluding hydrogens is 512 g/mol. The molecule has 0 saturated heterocycles. The lowest BCUT2D eigenvalue weighted by atomic mass is 10.0. The largest absolute Gasteiger partial charge is 0.463 e. The van der Waals surface area contributed by atoms with Crippen LogP contribution in [0.5, 0.6) is 0 Å². The molecule has 0 heterocycles. The first kappa shape index (κ1) is 41.2. The summed E-state index contributed by atoms with van der Waals surface area (Å²) in [6, 6.07) is 0. The molecule has 0 aliphatic rings. The highest BCUT2D eigenvalue weighted by atomic mass is 16.5. The van der Waals surface area contributed by atoms with Gasteiger partial charge in [0.2, 0.25) is 0 Å². The molecule has 0 aromatic heterocycles. The van der Waals surface area contributed by atoms with Gasteiger partial charge < -0.3 is 4.74 Å². The Kier molecular flexibility index (Phi) is 37.5. The average Bonchev–Trinajstić information content (AvgIpc) is 3.00. The Bertz CT molecular complexity index is 526. The molecule has 0 N–H and O–H groups in total. The second-order valence-corrected chi connectivity index (χ2v) is 13.3. The molecule has 0 aliphatic carbocycles. The van der Waals surface area contributed by atoms with Gasteiger partial charge in [0.05, 0.1) is 6.61 Å². The van der Waals surface area contributed by atoms with Crippen molar-refractivity contribution in [3.8, 4) is 0 Å². The second-order valence-electron chi connectivity index (χ2n) is 13.3. The fourth-order valence-electron chi connectivity index (χ4n) is 6.04. The predicted octanol–water partition coefficient (Wildman–Crippen LogP) is 14.4. The maximum Gasteiger partial charge on any atom is 0.330 e. The Balaban J connectivity index is 3.19. The monoisotopic (exact) mass is 591 g/mol.